The zero-order chi connectivity index (χ0) is 22.7. The van der Waals surface area contributed by atoms with Gasteiger partial charge >= 0.3 is 0 Å². The molecule has 1 saturated heterocycles. The number of carbonyl (C=O) groups is 3. The second-order valence-electron chi connectivity index (χ2n) is 6.90. The molecule has 1 N–H and O–H groups in total. The maximum atomic E-state index is 12.6. The van der Waals surface area contributed by atoms with Crippen molar-refractivity contribution in [3.8, 4) is 5.69 Å². The van der Waals surface area contributed by atoms with Crippen LogP contribution < -0.4 is 5.32 Å². The Morgan fingerprint density at radius 1 is 1.09 bits per heavy atom. The van der Waals surface area contributed by atoms with Crippen LogP contribution in [0.5, 0.6) is 0 Å². The molecule has 3 amide bonds. The standard InChI is InChI=1S/C22H18ClN5O3S/c1-14-19(26-28(25-14)17-5-3-2-4-6-17)20(29)24-11-12-27-21(30)18(32-22(27)31)13-15-7-9-16(23)10-8-15/h2-10,13H,11-12H2,1H3,(H,24,29)/b18-13-. The second kappa shape index (κ2) is 9.37. The molecule has 32 heavy (non-hydrogen) atoms. The van der Waals surface area contributed by atoms with E-state index in [0.29, 0.717) is 15.6 Å². The van der Waals surface area contributed by atoms with Gasteiger partial charge in [0.05, 0.1) is 16.3 Å². The molecule has 1 aromatic heterocycles. The summed E-state index contributed by atoms with van der Waals surface area (Å²) >= 11 is 6.74. The molecule has 0 atom stereocenters. The molecular formula is C22H18ClN5O3S. The number of hydrogen-bond acceptors (Lipinski definition) is 6. The molecule has 0 saturated carbocycles. The van der Waals surface area contributed by atoms with Crippen molar-refractivity contribution in [2.45, 2.75) is 6.92 Å². The molecule has 0 spiro atoms. The summed E-state index contributed by atoms with van der Waals surface area (Å²) in [5.74, 6) is -0.816. The number of aryl methyl sites for hydroxylation is 1. The highest BCUT2D eigenvalue weighted by atomic mass is 35.5. The van der Waals surface area contributed by atoms with Gasteiger partial charge in [-0.2, -0.15) is 9.90 Å². The fraction of sp³-hybridized carbons (Fsp3) is 0.136. The van der Waals surface area contributed by atoms with Crippen LogP contribution in [0.1, 0.15) is 21.7 Å². The lowest BCUT2D eigenvalue weighted by Crippen LogP contribution is -2.37. The molecule has 8 nitrogen and oxygen atoms in total. The molecule has 0 bridgehead atoms. The summed E-state index contributed by atoms with van der Waals surface area (Å²) in [5, 5.41) is 11.4. The van der Waals surface area contributed by atoms with Gasteiger partial charge in [0.2, 0.25) is 0 Å². The topological polar surface area (TPSA) is 97.2 Å². The molecule has 2 heterocycles. The number of imide groups is 1. The van der Waals surface area contributed by atoms with Crippen LogP contribution >= 0.6 is 23.4 Å². The lowest BCUT2D eigenvalue weighted by molar-refractivity contribution is -0.122. The van der Waals surface area contributed by atoms with E-state index >= 15 is 0 Å². The first-order chi connectivity index (χ1) is 15.4. The minimum absolute atomic E-state index is 0.0558. The molecular weight excluding hydrogens is 450 g/mol. The molecule has 2 aromatic carbocycles. The normalized spacial score (nSPS) is 14.9. The van der Waals surface area contributed by atoms with Gasteiger partial charge < -0.3 is 5.32 Å². The Bertz CT molecular complexity index is 1210. The van der Waals surface area contributed by atoms with Crippen molar-refractivity contribution in [2.24, 2.45) is 0 Å². The molecule has 0 aliphatic carbocycles. The van der Waals surface area contributed by atoms with E-state index in [-0.39, 0.29) is 24.0 Å². The number of nitrogens with zero attached hydrogens (tertiary/aromatic N) is 4. The summed E-state index contributed by atoms with van der Waals surface area (Å²) in [5.41, 5.74) is 2.17. The van der Waals surface area contributed by atoms with E-state index < -0.39 is 11.8 Å². The van der Waals surface area contributed by atoms with Crippen LogP contribution in [0.25, 0.3) is 11.8 Å². The molecule has 162 valence electrons. The predicted octanol–water partition coefficient (Wildman–Crippen LogP) is 3.70. The highest BCUT2D eigenvalue weighted by Crippen LogP contribution is 2.32. The average molecular weight is 468 g/mol. The first kappa shape index (κ1) is 21.8. The monoisotopic (exact) mass is 467 g/mol. The third-order valence-corrected chi connectivity index (χ3v) is 5.81. The van der Waals surface area contributed by atoms with Crippen molar-refractivity contribution in [1.82, 2.24) is 25.2 Å². The first-order valence-corrected chi connectivity index (χ1v) is 10.9. The molecule has 1 aliphatic rings. The molecule has 10 heteroatoms. The maximum Gasteiger partial charge on any atom is 0.293 e. The Hall–Kier alpha value is -3.43. The summed E-state index contributed by atoms with van der Waals surface area (Å²) in [7, 11) is 0. The van der Waals surface area contributed by atoms with Gasteiger partial charge in [-0.3, -0.25) is 19.3 Å². The van der Waals surface area contributed by atoms with E-state index in [2.05, 4.69) is 15.5 Å². The van der Waals surface area contributed by atoms with Crippen LogP contribution in [0.15, 0.2) is 59.5 Å². The zero-order valence-electron chi connectivity index (χ0n) is 17.0. The SMILES string of the molecule is Cc1nn(-c2ccccc2)nc1C(=O)NCCN1C(=O)S/C(=C\c2ccc(Cl)cc2)C1=O. The number of hydrogen-bond donors (Lipinski definition) is 1. The van der Waals surface area contributed by atoms with Crippen LogP contribution in [0.2, 0.25) is 5.02 Å². The highest BCUT2D eigenvalue weighted by molar-refractivity contribution is 8.18. The number of benzene rings is 2. The number of rotatable bonds is 6. The van der Waals surface area contributed by atoms with Crippen molar-refractivity contribution in [1.29, 1.82) is 0 Å². The fourth-order valence-electron chi connectivity index (χ4n) is 3.03. The van der Waals surface area contributed by atoms with E-state index in [1.807, 2.05) is 30.3 Å². The third-order valence-electron chi connectivity index (χ3n) is 4.65. The van der Waals surface area contributed by atoms with Crippen molar-refractivity contribution >= 4 is 46.5 Å². The lowest BCUT2D eigenvalue weighted by Gasteiger charge is -2.12. The molecule has 0 unspecified atom stereocenters. The van der Waals surface area contributed by atoms with Gasteiger partial charge in [0.25, 0.3) is 17.1 Å². The molecule has 1 aliphatic heterocycles. The van der Waals surface area contributed by atoms with E-state index in [1.165, 1.54) is 4.80 Å². The number of nitrogens with one attached hydrogen (secondary N) is 1. The minimum Gasteiger partial charge on any atom is -0.349 e. The summed E-state index contributed by atoms with van der Waals surface area (Å²) in [6.45, 7) is 1.85. The lowest BCUT2D eigenvalue weighted by atomic mass is 10.2. The van der Waals surface area contributed by atoms with Crippen molar-refractivity contribution in [2.75, 3.05) is 13.1 Å². The van der Waals surface area contributed by atoms with Crippen LogP contribution in [-0.4, -0.2) is 50.0 Å². The molecule has 4 rings (SSSR count). The van der Waals surface area contributed by atoms with Gasteiger partial charge in [0.1, 0.15) is 0 Å². The average Bonchev–Trinajstić information content (AvgIpc) is 3.30. The van der Waals surface area contributed by atoms with E-state index in [1.54, 1.807) is 37.3 Å². The Labute approximate surface area is 193 Å². The number of amides is 3. The van der Waals surface area contributed by atoms with Gasteiger partial charge in [-0.05, 0) is 54.6 Å². The van der Waals surface area contributed by atoms with Crippen LogP contribution in [0.3, 0.4) is 0 Å². The summed E-state index contributed by atoms with van der Waals surface area (Å²) in [6.07, 6.45) is 1.64. The number of aromatic nitrogens is 3. The highest BCUT2D eigenvalue weighted by Gasteiger charge is 2.34. The number of halogens is 1. The van der Waals surface area contributed by atoms with Crippen molar-refractivity contribution in [3.05, 3.63) is 81.5 Å². The van der Waals surface area contributed by atoms with Crippen LogP contribution in [0.4, 0.5) is 4.79 Å². The predicted molar refractivity (Wildman–Crippen MR) is 123 cm³/mol. The second-order valence-corrected chi connectivity index (χ2v) is 8.33. The van der Waals surface area contributed by atoms with E-state index in [0.717, 1.165) is 27.9 Å². The smallest absolute Gasteiger partial charge is 0.293 e. The van der Waals surface area contributed by atoms with E-state index in [9.17, 15) is 14.4 Å². The summed E-state index contributed by atoms with van der Waals surface area (Å²) in [6, 6.07) is 16.2. The minimum atomic E-state index is -0.423. The van der Waals surface area contributed by atoms with Gasteiger partial charge in [-0.1, -0.05) is 41.9 Å². The molecule has 1 fully saturated rings. The third kappa shape index (κ3) is 4.74. The van der Waals surface area contributed by atoms with Gasteiger partial charge in [-0.15, -0.1) is 5.10 Å². The van der Waals surface area contributed by atoms with Gasteiger partial charge in [-0.25, -0.2) is 0 Å². The van der Waals surface area contributed by atoms with Gasteiger partial charge in [0, 0.05) is 18.1 Å². The summed E-state index contributed by atoms with van der Waals surface area (Å²) < 4.78 is 0. The van der Waals surface area contributed by atoms with Crippen LogP contribution in [-0.2, 0) is 4.79 Å². The Balaban J connectivity index is 1.37. The Morgan fingerprint density at radius 3 is 2.53 bits per heavy atom. The molecule has 0 radical (unpaired) electrons. The Morgan fingerprint density at radius 2 is 1.81 bits per heavy atom. The number of thioether (sulfide) groups is 1. The number of para-hydroxylation sites is 1. The fourth-order valence-corrected chi connectivity index (χ4v) is 4.02. The van der Waals surface area contributed by atoms with Crippen molar-refractivity contribution < 1.29 is 14.4 Å². The maximum absolute atomic E-state index is 12.6. The van der Waals surface area contributed by atoms with E-state index in [4.69, 9.17) is 11.6 Å². The van der Waals surface area contributed by atoms with Crippen molar-refractivity contribution in [3.63, 3.8) is 0 Å². The van der Waals surface area contributed by atoms with Crippen LogP contribution in [0, 0.1) is 6.92 Å². The largest absolute Gasteiger partial charge is 0.349 e. The zero-order valence-corrected chi connectivity index (χ0v) is 18.6. The Kier molecular flexibility index (Phi) is 6.38. The summed E-state index contributed by atoms with van der Waals surface area (Å²) in [4.78, 5) is 40.2. The number of carbonyl (C=O) groups excluding carboxylic acids is 3. The first-order valence-electron chi connectivity index (χ1n) is 9.71. The van der Waals surface area contributed by atoms with Gasteiger partial charge in [0.15, 0.2) is 5.69 Å². The quantitative estimate of drug-likeness (QED) is 0.555. The molecule has 3 aromatic rings.